The topological polar surface area (TPSA) is 87.2 Å². The highest BCUT2D eigenvalue weighted by molar-refractivity contribution is 9.09. The van der Waals surface area contributed by atoms with Crippen LogP contribution in [0, 0.1) is 18.8 Å². The molecule has 194 valence electrons. The van der Waals surface area contributed by atoms with E-state index in [-0.39, 0.29) is 48.2 Å². The number of halogens is 2. The number of rotatable bonds is 10. The molecule has 3 unspecified atom stereocenters. The Morgan fingerprint density at radius 1 is 1.39 bits per heavy atom. The van der Waals surface area contributed by atoms with Gasteiger partial charge in [0.15, 0.2) is 0 Å². The molecule has 3 heterocycles. The largest absolute Gasteiger partial charge is 0.465 e. The van der Waals surface area contributed by atoms with Gasteiger partial charge < -0.3 is 19.6 Å². The third kappa shape index (κ3) is 4.31. The van der Waals surface area contributed by atoms with Gasteiger partial charge in [-0.25, -0.2) is 0 Å². The molecule has 4 rings (SSSR count). The van der Waals surface area contributed by atoms with E-state index in [4.69, 9.17) is 16.3 Å². The summed E-state index contributed by atoms with van der Waals surface area (Å²) in [6, 6.07) is 4.53. The minimum Gasteiger partial charge on any atom is -0.465 e. The number of ether oxygens (including phenoxy) is 1. The molecule has 0 aliphatic carbocycles. The van der Waals surface area contributed by atoms with Crippen LogP contribution in [0.4, 0.5) is 5.69 Å². The second kappa shape index (κ2) is 10.9. The summed E-state index contributed by atoms with van der Waals surface area (Å²) in [4.78, 5) is 44.3. The Morgan fingerprint density at radius 3 is 2.78 bits per heavy atom. The second-order valence-corrected chi connectivity index (χ2v) is 12.4. The highest BCUT2D eigenvalue weighted by Gasteiger charge is 2.76. The molecule has 2 bridgehead atoms. The third-order valence-electron chi connectivity index (χ3n) is 7.24. The number of benzene rings is 1. The second-order valence-electron chi connectivity index (χ2n) is 9.31. The van der Waals surface area contributed by atoms with Gasteiger partial charge in [0.1, 0.15) is 6.04 Å². The normalized spacial score (nSPS) is 30.3. The molecule has 2 amide bonds. The van der Waals surface area contributed by atoms with Crippen LogP contribution in [0.1, 0.15) is 18.4 Å². The van der Waals surface area contributed by atoms with Crippen LogP contribution in [-0.4, -0.2) is 75.0 Å². The number of fused-ring (bicyclic) bond motifs is 1. The first kappa shape index (κ1) is 27.2. The summed E-state index contributed by atoms with van der Waals surface area (Å²) < 4.78 is 4.67. The Kier molecular flexibility index (Phi) is 8.24. The van der Waals surface area contributed by atoms with Crippen molar-refractivity contribution in [2.45, 2.75) is 40.6 Å². The lowest BCUT2D eigenvalue weighted by Gasteiger charge is -2.38. The third-order valence-corrected chi connectivity index (χ3v) is 10.8. The SMILES string of the molecule is C=CCCOC(=O)[C@H]1[C@@H]2SC3(CC2Br)C(C(=O)N(CC=C)c2c(C)cccc2Cl)N(CCO)C(=O)[C@H]13. The number of alkyl halides is 1. The quantitative estimate of drug-likeness (QED) is 0.191. The number of aliphatic hydroxyl groups excluding tert-OH is 1. The lowest BCUT2D eigenvalue weighted by Crippen LogP contribution is -2.56. The van der Waals surface area contributed by atoms with Crippen molar-refractivity contribution in [3.63, 3.8) is 0 Å². The zero-order chi connectivity index (χ0) is 26.2. The van der Waals surface area contributed by atoms with Gasteiger partial charge in [-0.15, -0.1) is 24.9 Å². The van der Waals surface area contributed by atoms with E-state index in [1.165, 1.54) is 16.7 Å². The van der Waals surface area contributed by atoms with Crippen molar-refractivity contribution in [1.29, 1.82) is 0 Å². The maximum Gasteiger partial charge on any atom is 0.310 e. The molecule has 0 aromatic heterocycles. The van der Waals surface area contributed by atoms with E-state index in [0.717, 1.165) is 5.56 Å². The Bertz CT molecular complexity index is 1070. The number of para-hydroxylation sites is 1. The zero-order valence-corrected chi connectivity index (χ0v) is 23.2. The molecular weight excluding hydrogens is 568 g/mol. The summed E-state index contributed by atoms with van der Waals surface area (Å²) in [5.74, 6) is -2.42. The number of hydrogen-bond donors (Lipinski definition) is 1. The number of β-amino-alcohol motifs (C(OH)–C–C–N with tert-alkyl or cyclic N) is 1. The van der Waals surface area contributed by atoms with Crippen LogP contribution < -0.4 is 4.90 Å². The molecular formula is C26H30BrClN2O5S. The fraction of sp³-hybridized carbons (Fsp3) is 0.500. The molecule has 1 spiro atoms. The van der Waals surface area contributed by atoms with Crippen molar-refractivity contribution < 1.29 is 24.2 Å². The fourth-order valence-electron chi connectivity index (χ4n) is 5.90. The van der Waals surface area contributed by atoms with E-state index in [1.807, 2.05) is 19.1 Å². The number of amides is 2. The molecule has 3 saturated heterocycles. The first-order chi connectivity index (χ1) is 17.2. The summed E-state index contributed by atoms with van der Waals surface area (Å²) in [5.41, 5.74) is 1.38. The summed E-state index contributed by atoms with van der Waals surface area (Å²) in [5, 5.41) is 10.0. The van der Waals surface area contributed by atoms with Crippen LogP contribution in [0.3, 0.4) is 0 Å². The van der Waals surface area contributed by atoms with Gasteiger partial charge in [-0.3, -0.25) is 14.4 Å². The minimum atomic E-state index is -0.876. The molecule has 1 N–H and O–H groups in total. The maximum absolute atomic E-state index is 14.4. The highest BCUT2D eigenvalue weighted by atomic mass is 79.9. The molecule has 36 heavy (non-hydrogen) atoms. The van der Waals surface area contributed by atoms with Crippen molar-refractivity contribution in [2.24, 2.45) is 11.8 Å². The van der Waals surface area contributed by atoms with Gasteiger partial charge in [-0.1, -0.05) is 51.8 Å². The number of thioether (sulfide) groups is 1. The first-order valence-corrected chi connectivity index (χ1v) is 14.1. The smallest absolute Gasteiger partial charge is 0.310 e. The molecule has 1 aromatic rings. The molecule has 3 fully saturated rings. The van der Waals surface area contributed by atoms with Crippen LogP contribution in [0.5, 0.6) is 0 Å². The fourth-order valence-corrected chi connectivity index (χ4v) is 9.82. The van der Waals surface area contributed by atoms with Crippen LogP contribution in [0.15, 0.2) is 43.5 Å². The molecule has 3 aliphatic heterocycles. The van der Waals surface area contributed by atoms with Gasteiger partial charge in [0.25, 0.3) is 5.91 Å². The predicted molar refractivity (Wildman–Crippen MR) is 146 cm³/mol. The lowest BCUT2D eigenvalue weighted by atomic mass is 9.71. The number of carbonyl (C=O) groups is 3. The molecule has 1 aromatic carbocycles. The summed E-state index contributed by atoms with van der Waals surface area (Å²) in [7, 11) is 0. The average molecular weight is 598 g/mol. The van der Waals surface area contributed by atoms with Gasteiger partial charge in [-0.2, -0.15) is 0 Å². The van der Waals surface area contributed by atoms with E-state index >= 15 is 0 Å². The molecule has 3 aliphatic rings. The van der Waals surface area contributed by atoms with Crippen molar-refractivity contribution in [3.05, 3.63) is 54.1 Å². The van der Waals surface area contributed by atoms with E-state index in [9.17, 15) is 19.5 Å². The zero-order valence-electron chi connectivity index (χ0n) is 20.1. The van der Waals surface area contributed by atoms with Crippen LogP contribution in [0.2, 0.25) is 5.02 Å². The number of nitrogens with zero attached hydrogens (tertiary/aromatic N) is 2. The van der Waals surface area contributed by atoms with Crippen molar-refractivity contribution in [1.82, 2.24) is 4.90 Å². The number of likely N-dealkylation sites (tertiary alicyclic amines) is 1. The Balaban J connectivity index is 1.77. The molecule has 6 atom stereocenters. The molecule has 0 saturated carbocycles. The van der Waals surface area contributed by atoms with Crippen LogP contribution in [0.25, 0.3) is 0 Å². The predicted octanol–water partition coefficient (Wildman–Crippen LogP) is 3.74. The summed E-state index contributed by atoms with van der Waals surface area (Å²) >= 11 is 11.8. The van der Waals surface area contributed by atoms with Crippen LogP contribution >= 0.6 is 39.3 Å². The van der Waals surface area contributed by atoms with Crippen molar-refractivity contribution >= 4 is 62.8 Å². The van der Waals surface area contributed by atoms with E-state index < -0.39 is 28.6 Å². The van der Waals surface area contributed by atoms with E-state index in [0.29, 0.717) is 23.6 Å². The Hall–Kier alpha value is -1.81. The monoisotopic (exact) mass is 596 g/mol. The summed E-state index contributed by atoms with van der Waals surface area (Å²) in [6.07, 6.45) is 4.34. The van der Waals surface area contributed by atoms with Crippen LogP contribution in [-0.2, 0) is 19.1 Å². The van der Waals surface area contributed by atoms with Gasteiger partial charge in [0.2, 0.25) is 5.91 Å². The van der Waals surface area contributed by atoms with E-state index in [1.54, 1.807) is 23.1 Å². The van der Waals surface area contributed by atoms with Gasteiger partial charge in [-0.05, 0) is 31.4 Å². The minimum absolute atomic E-state index is 0.00661. The lowest BCUT2D eigenvalue weighted by molar-refractivity contribution is -0.154. The molecule has 7 nitrogen and oxygen atoms in total. The van der Waals surface area contributed by atoms with Gasteiger partial charge in [0, 0.05) is 23.2 Å². The average Bonchev–Trinajstić information content (AvgIpc) is 3.42. The number of anilines is 1. The maximum atomic E-state index is 14.4. The van der Waals surface area contributed by atoms with Gasteiger partial charge in [0.05, 0.1) is 40.5 Å². The number of aliphatic hydroxyl groups is 1. The van der Waals surface area contributed by atoms with Gasteiger partial charge >= 0.3 is 5.97 Å². The highest BCUT2D eigenvalue weighted by Crippen LogP contribution is 2.68. The van der Waals surface area contributed by atoms with E-state index in [2.05, 4.69) is 29.1 Å². The first-order valence-electron chi connectivity index (χ1n) is 11.9. The molecule has 10 heteroatoms. The molecule has 0 radical (unpaired) electrons. The number of aryl methyl sites for hydroxylation is 1. The number of hydrogen-bond acceptors (Lipinski definition) is 6. The van der Waals surface area contributed by atoms with Crippen molar-refractivity contribution in [3.8, 4) is 0 Å². The standard InChI is InChI=1S/C26H30BrClN2O5S/c1-4-6-13-35-25(34)18-19-23(32)30(11-12-31)22(26(19)14-16(27)21(18)36-26)24(33)29(10-5-2)20-15(3)8-7-9-17(20)28/h4-5,7-9,16,18-19,21-22,31H,1-2,6,10-14H2,3H3/t16?,18-,19+,21-,22?,26?/m1/s1. The van der Waals surface area contributed by atoms with Crippen molar-refractivity contribution in [2.75, 3.05) is 31.2 Å². The Morgan fingerprint density at radius 2 is 2.14 bits per heavy atom. The number of carbonyl (C=O) groups excluding carboxylic acids is 3. The number of esters is 1. The Labute approximate surface area is 229 Å². The summed E-state index contributed by atoms with van der Waals surface area (Å²) in [6.45, 7) is 9.43.